The summed E-state index contributed by atoms with van der Waals surface area (Å²) in [5, 5.41) is 7.09. The van der Waals surface area contributed by atoms with Crippen LogP contribution in [0.25, 0.3) is 5.78 Å². The quantitative estimate of drug-likeness (QED) is 0.742. The highest BCUT2D eigenvalue weighted by Crippen LogP contribution is 2.08. The molecule has 0 aliphatic rings. The molecule has 0 aliphatic heterocycles. The van der Waals surface area contributed by atoms with E-state index >= 15 is 0 Å². The summed E-state index contributed by atoms with van der Waals surface area (Å²) in [7, 11) is 2.08. The second kappa shape index (κ2) is 7.40. The lowest BCUT2D eigenvalue weighted by Gasteiger charge is -2.14. The number of amides is 1. The first-order valence-corrected chi connectivity index (χ1v) is 8.29. The molecule has 0 atom stereocenters. The van der Waals surface area contributed by atoms with Crippen LogP contribution in [0.5, 0.6) is 0 Å². The molecule has 3 aromatic rings. The molecular weight excluding hydrogens is 316 g/mol. The van der Waals surface area contributed by atoms with E-state index in [-0.39, 0.29) is 11.7 Å². The molecule has 0 spiro atoms. The Bertz CT molecular complexity index is 888. The summed E-state index contributed by atoms with van der Waals surface area (Å²) in [6, 6.07) is 10.0. The van der Waals surface area contributed by atoms with Crippen LogP contribution in [0, 0.1) is 6.92 Å². The van der Waals surface area contributed by atoms with Crippen LogP contribution in [-0.2, 0) is 13.1 Å². The molecule has 3 rings (SSSR count). The summed E-state index contributed by atoms with van der Waals surface area (Å²) < 4.78 is 1.57. The maximum absolute atomic E-state index is 12.3. The highest BCUT2D eigenvalue weighted by Gasteiger charge is 2.14. The second-order valence-corrected chi connectivity index (χ2v) is 6.07. The zero-order valence-electron chi connectivity index (χ0n) is 14.7. The standard InChI is InChI=1S/C18H22N6O/c1-4-23(3)12-15-7-5-6-14(10-15)11-20-17(25)16-21-18-19-9-8-13(2)24(18)22-16/h5-10H,4,11-12H2,1-3H3,(H,20,25). The molecule has 2 aromatic heterocycles. The maximum Gasteiger partial charge on any atom is 0.291 e. The molecule has 0 aliphatic carbocycles. The number of carbonyl (C=O) groups is 1. The van der Waals surface area contributed by atoms with E-state index in [1.165, 1.54) is 5.56 Å². The van der Waals surface area contributed by atoms with Gasteiger partial charge in [0.1, 0.15) is 0 Å². The van der Waals surface area contributed by atoms with Gasteiger partial charge in [-0.05, 0) is 37.7 Å². The predicted molar refractivity (Wildman–Crippen MR) is 95.1 cm³/mol. The highest BCUT2D eigenvalue weighted by atomic mass is 16.2. The van der Waals surface area contributed by atoms with Gasteiger partial charge in [-0.3, -0.25) is 4.79 Å². The van der Waals surface area contributed by atoms with E-state index < -0.39 is 0 Å². The third-order valence-electron chi connectivity index (χ3n) is 4.07. The lowest BCUT2D eigenvalue weighted by atomic mass is 10.1. The van der Waals surface area contributed by atoms with Crippen LogP contribution in [0.4, 0.5) is 0 Å². The van der Waals surface area contributed by atoms with Crippen LogP contribution in [0.3, 0.4) is 0 Å². The topological polar surface area (TPSA) is 75.4 Å². The van der Waals surface area contributed by atoms with Gasteiger partial charge in [0.2, 0.25) is 5.82 Å². The van der Waals surface area contributed by atoms with Gasteiger partial charge < -0.3 is 10.2 Å². The molecule has 2 heterocycles. The summed E-state index contributed by atoms with van der Waals surface area (Å²) in [4.78, 5) is 22.8. The molecule has 0 radical (unpaired) electrons. The van der Waals surface area contributed by atoms with Crippen molar-refractivity contribution in [3.8, 4) is 0 Å². The Morgan fingerprint density at radius 2 is 2.08 bits per heavy atom. The van der Waals surface area contributed by atoms with E-state index in [4.69, 9.17) is 0 Å². The van der Waals surface area contributed by atoms with Gasteiger partial charge in [-0.2, -0.15) is 4.98 Å². The molecule has 130 valence electrons. The van der Waals surface area contributed by atoms with Crippen LogP contribution in [-0.4, -0.2) is 44.0 Å². The van der Waals surface area contributed by atoms with Gasteiger partial charge >= 0.3 is 0 Å². The van der Waals surface area contributed by atoms with Crippen LogP contribution < -0.4 is 5.32 Å². The first kappa shape index (κ1) is 17.0. The lowest BCUT2D eigenvalue weighted by molar-refractivity contribution is 0.0940. The van der Waals surface area contributed by atoms with E-state index in [9.17, 15) is 4.79 Å². The second-order valence-electron chi connectivity index (χ2n) is 6.07. The van der Waals surface area contributed by atoms with E-state index in [2.05, 4.69) is 51.4 Å². The molecule has 0 saturated heterocycles. The molecule has 0 unspecified atom stereocenters. The molecule has 7 heteroatoms. The number of hydrogen-bond acceptors (Lipinski definition) is 5. The first-order valence-electron chi connectivity index (χ1n) is 8.29. The molecule has 1 aromatic carbocycles. The average molecular weight is 338 g/mol. The Balaban J connectivity index is 1.67. The van der Waals surface area contributed by atoms with Crippen molar-refractivity contribution < 1.29 is 4.79 Å². The normalized spacial score (nSPS) is 11.2. The van der Waals surface area contributed by atoms with Crippen LogP contribution >= 0.6 is 0 Å². The summed E-state index contributed by atoms with van der Waals surface area (Å²) in [5.74, 6) is 0.249. The van der Waals surface area contributed by atoms with Crippen molar-refractivity contribution in [2.24, 2.45) is 0 Å². The van der Waals surface area contributed by atoms with Crippen molar-refractivity contribution in [3.63, 3.8) is 0 Å². The third-order valence-corrected chi connectivity index (χ3v) is 4.07. The number of benzene rings is 1. The minimum atomic E-state index is -0.305. The van der Waals surface area contributed by atoms with Gasteiger partial charge in [0, 0.05) is 25.0 Å². The Hall–Kier alpha value is -2.80. The summed E-state index contributed by atoms with van der Waals surface area (Å²) in [5.41, 5.74) is 3.15. The zero-order chi connectivity index (χ0) is 17.8. The minimum Gasteiger partial charge on any atom is -0.345 e. The molecule has 25 heavy (non-hydrogen) atoms. The smallest absolute Gasteiger partial charge is 0.291 e. The van der Waals surface area contributed by atoms with Gasteiger partial charge in [0.25, 0.3) is 11.7 Å². The molecule has 0 saturated carbocycles. The maximum atomic E-state index is 12.3. The monoisotopic (exact) mass is 338 g/mol. The van der Waals surface area contributed by atoms with Crippen LogP contribution in [0.2, 0.25) is 0 Å². The molecule has 1 N–H and O–H groups in total. The van der Waals surface area contributed by atoms with Gasteiger partial charge in [-0.1, -0.05) is 31.2 Å². The number of aromatic nitrogens is 4. The van der Waals surface area contributed by atoms with Gasteiger partial charge in [-0.25, -0.2) is 9.50 Å². The SMILES string of the molecule is CCN(C)Cc1cccc(CNC(=O)c2nc3nccc(C)n3n2)c1. The third kappa shape index (κ3) is 4.00. The first-order chi connectivity index (χ1) is 12.1. The largest absolute Gasteiger partial charge is 0.345 e. The molecule has 0 bridgehead atoms. The number of aryl methyl sites for hydroxylation is 1. The number of rotatable bonds is 6. The number of carbonyl (C=O) groups excluding carboxylic acids is 1. The number of fused-ring (bicyclic) bond motifs is 1. The van der Waals surface area contributed by atoms with E-state index in [0.29, 0.717) is 12.3 Å². The molecule has 1 amide bonds. The Labute approximate surface area is 146 Å². The lowest BCUT2D eigenvalue weighted by Crippen LogP contribution is -2.24. The Kier molecular flexibility index (Phi) is 5.04. The van der Waals surface area contributed by atoms with Crippen molar-refractivity contribution >= 4 is 11.7 Å². The fraction of sp³-hybridized carbons (Fsp3) is 0.333. The summed E-state index contributed by atoms with van der Waals surface area (Å²) in [6.45, 7) is 6.34. The van der Waals surface area contributed by atoms with Crippen molar-refractivity contribution in [1.82, 2.24) is 29.8 Å². The van der Waals surface area contributed by atoms with Crippen molar-refractivity contribution in [2.75, 3.05) is 13.6 Å². The Morgan fingerprint density at radius 3 is 2.84 bits per heavy atom. The summed E-state index contributed by atoms with van der Waals surface area (Å²) in [6.07, 6.45) is 1.65. The van der Waals surface area contributed by atoms with E-state index in [1.807, 2.05) is 25.1 Å². The zero-order valence-corrected chi connectivity index (χ0v) is 14.7. The summed E-state index contributed by atoms with van der Waals surface area (Å²) >= 11 is 0. The van der Waals surface area contributed by atoms with Gasteiger partial charge in [-0.15, -0.1) is 5.10 Å². The fourth-order valence-electron chi connectivity index (χ4n) is 2.53. The highest BCUT2D eigenvalue weighted by molar-refractivity contribution is 5.90. The van der Waals surface area contributed by atoms with Gasteiger partial charge in [0.15, 0.2) is 0 Å². The number of nitrogens with one attached hydrogen (secondary N) is 1. The van der Waals surface area contributed by atoms with Crippen LogP contribution in [0.1, 0.15) is 34.4 Å². The van der Waals surface area contributed by atoms with E-state index in [0.717, 1.165) is 24.3 Å². The number of hydrogen-bond donors (Lipinski definition) is 1. The fourth-order valence-corrected chi connectivity index (χ4v) is 2.53. The predicted octanol–water partition coefficient (Wildman–Crippen LogP) is 1.81. The number of nitrogens with zero attached hydrogens (tertiary/aromatic N) is 5. The molecule has 7 nitrogen and oxygen atoms in total. The van der Waals surface area contributed by atoms with E-state index in [1.54, 1.807) is 10.7 Å². The van der Waals surface area contributed by atoms with Gasteiger partial charge in [0.05, 0.1) is 0 Å². The Morgan fingerprint density at radius 1 is 1.28 bits per heavy atom. The minimum absolute atomic E-state index is 0.128. The van der Waals surface area contributed by atoms with Crippen molar-refractivity contribution in [1.29, 1.82) is 0 Å². The average Bonchev–Trinajstić information content (AvgIpc) is 3.06. The van der Waals surface area contributed by atoms with Crippen molar-refractivity contribution in [3.05, 3.63) is 59.2 Å². The van der Waals surface area contributed by atoms with Crippen LogP contribution in [0.15, 0.2) is 36.5 Å². The molecule has 0 fully saturated rings. The molecular formula is C18H22N6O. The van der Waals surface area contributed by atoms with Crippen molar-refractivity contribution in [2.45, 2.75) is 26.9 Å².